The Morgan fingerprint density at radius 1 is 0.364 bits per heavy atom. The third-order valence-electron chi connectivity index (χ3n) is 15.4. The molecule has 15 rings (SSSR count). The topological polar surface area (TPSA) is 163 Å². The predicted octanol–water partition coefficient (Wildman–Crippen LogP) is 12.4. The quantitative estimate of drug-likeness (QED) is 0.140. The van der Waals surface area contributed by atoms with Crippen molar-refractivity contribution in [1.29, 1.82) is 0 Å². The molecule has 5 aromatic heterocycles. The van der Waals surface area contributed by atoms with Crippen molar-refractivity contribution in [3.05, 3.63) is 173 Å². The third-order valence-corrected chi connectivity index (χ3v) is 15.4. The zero-order chi connectivity index (χ0) is 57.1. The number of nitrogens with zero attached hydrogens (tertiary/aromatic N) is 15. The molecule has 0 saturated heterocycles. The average molecular weight is 2070 g/mol. The summed E-state index contributed by atoms with van der Waals surface area (Å²) >= 11 is 0. The molecule has 5 aliphatic rings. The van der Waals surface area contributed by atoms with Gasteiger partial charge < -0.3 is 27.6 Å². The maximum atomic E-state index is 5.63. The van der Waals surface area contributed by atoms with Crippen LogP contribution in [0.1, 0.15) is 129 Å². The fourth-order valence-corrected chi connectivity index (χ4v) is 11.3. The third kappa shape index (κ3) is 18.1. The molecule has 0 spiro atoms. The van der Waals surface area contributed by atoms with E-state index in [1.165, 1.54) is 80.9 Å². The van der Waals surface area contributed by atoms with E-state index in [2.05, 4.69) is 168 Å². The number of benzene rings is 5. The fraction of sp³-hybridized carbons (Fsp3) is 0.403. The minimum atomic E-state index is 0. The van der Waals surface area contributed by atoms with Gasteiger partial charge >= 0.3 is 0 Å². The predicted molar refractivity (Wildman–Crippen MR) is 321 cm³/mol. The molecule has 10 heterocycles. The van der Waals surface area contributed by atoms with E-state index >= 15 is 0 Å². The summed E-state index contributed by atoms with van der Waals surface area (Å²) in [5, 5.41) is 42.7. The minimum absolute atomic E-state index is 0. The molecule has 0 amide bonds. The van der Waals surface area contributed by atoms with Crippen molar-refractivity contribution in [2.75, 3.05) is 0 Å². The van der Waals surface area contributed by atoms with E-state index in [0.29, 0.717) is 0 Å². The van der Waals surface area contributed by atoms with Gasteiger partial charge in [0, 0.05) is 171 Å². The van der Waals surface area contributed by atoms with Gasteiger partial charge in [0.15, 0.2) is 0 Å². The maximum Gasteiger partial charge on any atom is 0.124 e. The maximum absolute atomic E-state index is 5.63. The zero-order valence-electron chi connectivity index (χ0n) is 50.7. The molecule has 0 bridgehead atoms. The molecule has 5 aromatic carbocycles. The summed E-state index contributed by atoms with van der Waals surface area (Å²) in [4.78, 5) is 0. The van der Waals surface area contributed by atoms with Crippen molar-refractivity contribution in [3.63, 3.8) is 0 Å². The summed E-state index contributed by atoms with van der Waals surface area (Å²) < 4.78 is 16.8. The van der Waals surface area contributed by atoms with Gasteiger partial charge in [0.1, 0.15) is 29.1 Å². The van der Waals surface area contributed by atoms with E-state index in [4.69, 9.17) is 4.74 Å². The van der Waals surface area contributed by atoms with Crippen LogP contribution in [0.4, 0.5) is 0 Å². The van der Waals surface area contributed by atoms with Gasteiger partial charge in [0.25, 0.3) is 0 Å². The summed E-state index contributed by atoms with van der Waals surface area (Å²) in [5.74, 6) is 11.2. The summed E-state index contributed by atoms with van der Waals surface area (Å²) in [6.45, 7) is 17.5. The van der Waals surface area contributed by atoms with Crippen LogP contribution in [-0.4, -0.2) is 79.9 Å². The standard InChI is InChI=1S/C15H18N3O.C14H16N3.2C13H14N3.C12H12N3.5Ir/c1-11(2)19-13-8-6-12(7-9-13)15-17-16-14-5-3-4-10-18(14)15;1-10-7-11(2)9-12(8-10)14-16-15-13-5-3-4-6-17(13)14;1-10-5-4-6-11(9-10)13-15-14-12-7-2-3-8-16(12)13;1-10-5-7-11(8-6-10)13-15-14-12-4-2-3-9-16(12)13;1-2-6-10(7-3-1)12-14-13-11-8-4-5-9-15(11)12;;;;;/h6,8-9,11H,3-5,10H2,1-2H3;7-8H,3-6H2,1-2H3;4-5,9H,2-3,7-8H2,1H3;5-7H,2-4,9H2,1H3;1-3,6H,4-5,8-9H2;;;;;/q5*-1;;;;;. The van der Waals surface area contributed by atoms with Crippen molar-refractivity contribution in [3.8, 4) is 62.7 Å². The van der Waals surface area contributed by atoms with Gasteiger partial charge in [-0.1, -0.05) is 27.7 Å². The number of ether oxygens (including phenoxy) is 1. The van der Waals surface area contributed by atoms with Crippen LogP contribution in [0.5, 0.6) is 5.75 Å². The molecule has 5 aliphatic heterocycles. The first kappa shape index (κ1) is 71.9. The van der Waals surface area contributed by atoms with Crippen LogP contribution in [0.25, 0.3) is 56.9 Å². The Bertz CT molecular complexity index is 3720. The Balaban J connectivity index is 0.000000173. The molecule has 0 fully saturated rings. The van der Waals surface area contributed by atoms with Crippen LogP contribution in [0, 0.1) is 58.0 Å². The van der Waals surface area contributed by atoms with E-state index in [9.17, 15) is 0 Å². The minimum Gasteiger partial charge on any atom is -0.534 e. The number of aromatic nitrogens is 15. The van der Waals surface area contributed by atoms with Gasteiger partial charge in [-0.25, -0.2) is 0 Å². The largest absolute Gasteiger partial charge is 0.534 e. The van der Waals surface area contributed by atoms with E-state index < -0.39 is 0 Å². The van der Waals surface area contributed by atoms with Crippen LogP contribution in [-0.2, 0) is 165 Å². The second-order valence-corrected chi connectivity index (χ2v) is 22.4. The number of hydrogen-bond acceptors (Lipinski definition) is 11. The summed E-state index contributed by atoms with van der Waals surface area (Å²) in [7, 11) is 0. The van der Waals surface area contributed by atoms with Crippen LogP contribution in [0.3, 0.4) is 0 Å². The molecule has 0 aliphatic carbocycles. The van der Waals surface area contributed by atoms with Gasteiger partial charge in [-0.2, -0.15) is 25.5 Å². The van der Waals surface area contributed by atoms with Gasteiger partial charge in [0.2, 0.25) is 0 Å². The van der Waals surface area contributed by atoms with Crippen molar-refractivity contribution in [2.24, 2.45) is 0 Å². The SMILES string of the molecule is CC(C)Oc1c[c-]c(-c2nnc3n2CCCC3)cc1.Cc1[c-]c(-c2nnc3n2CCCC3)cc(C)c1.Cc1c[c-]c(-c2nnc3n2CCCC3)cc1.Cc1cc[c-]c(-c2nnc3n2CCCC3)c1.[Ir].[Ir].[Ir].[Ir].[Ir].[c-]1ccccc1-c1nnc2n1CCCC2. The first-order valence-corrected chi connectivity index (χ1v) is 29.9. The Morgan fingerprint density at radius 2 is 0.761 bits per heavy atom. The Morgan fingerprint density at radius 3 is 1.14 bits per heavy atom. The average Bonchev–Trinajstić information content (AvgIpc) is 2.60. The molecule has 473 valence electrons. The van der Waals surface area contributed by atoms with Crippen molar-refractivity contribution in [1.82, 2.24) is 73.8 Å². The molecule has 0 N–H and O–H groups in total. The molecule has 5 radical (unpaired) electrons. The Labute approximate surface area is 585 Å². The van der Waals surface area contributed by atoms with Gasteiger partial charge in [0.05, 0.1) is 35.2 Å². The molecule has 16 nitrogen and oxygen atoms in total. The van der Waals surface area contributed by atoms with Gasteiger partial charge in [-0.3, -0.25) is 0 Å². The van der Waals surface area contributed by atoms with Gasteiger partial charge in [-0.05, 0) is 78.1 Å². The first-order chi connectivity index (χ1) is 40.6. The van der Waals surface area contributed by atoms with Crippen molar-refractivity contribution >= 4 is 0 Å². The van der Waals surface area contributed by atoms with Crippen LogP contribution < -0.4 is 4.74 Å². The normalized spacial score (nSPS) is 13.9. The van der Waals surface area contributed by atoms with Crippen molar-refractivity contribution in [2.45, 2.75) is 177 Å². The van der Waals surface area contributed by atoms with E-state index in [0.717, 1.165) is 162 Å². The second kappa shape index (κ2) is 34.9. The van der Waals surface area contributed by atoms with E-state index in [1.807, 2.05) is 68.4 Å². The van der Waals surface area contributed by atoms with Crippen molar-refractivity contribution < 1.29 is 105 Å². The molecule has 10 aromatic rings. The Hall–Kier alpha value is -5.15. The number of hydrogen-bond donors (Lipinski definition) is 0. The number of aryl methyl sites for hydroxylation is 9. The molecule has 21 heteroatoms. The summed E-state index contributed by atoms with van der Waals surface area (Å²) in [6.07, 6.45) is 17.7. The van der Waals surface area contributed by atoms with E-state index in [1.54, 1.807) is 0 Å². The molecule has 0 saturated carbocycles. The first-order valence-electron chi connectivity index (χ1n) is 29.9. The second-order valence-electron chi connectivity index (χ2n) is 22.4. The smallest absolute Gasteiger partial charge is 0.124 e. The fourth-order valence-electron chi connectivity index (χ4n) is 11.3. The molecular weight excluding hydrogens is 1990 g/mol. The van der Waals surface area contributed by atoms with Crippen LogP contribution in [0.2, 0.25) is 0 Å². The Kier molecular flexibility index (Phi) is 28.5. The molecular formula is C67H74Ir5N15O-5. The molecule has 0 atom stereocenters. The number of fused-ring (bicyclic) bond motifs is 5. The molecule has 0 unspecified atom stereocenters. The van der Waals surface area contributed by atoms with Crippen LogP contribution in [0.15, 0.2) is 91.0 Å². The van der Waals surface area contributed by atoms with Gasteiger partial charge in [-0.15, -0.1) is 197 Å². The monoisotopic (exact) mass is 2070 g/mol. The number of rotatable bonds is 7. The summed E-state index contributed by atoms with van der Waals surface area (Å²) in [6, 6.07) is 46.7. The van der Waals surface area contributed by atoms with Crippen LogP contribution >= 0.6 is 0 Å². The summed E-state index contributed by atoms with van der Waals surface area (Å²) in [5.41, 5.74) is 10.1. The zero-order valence-corrected chi connectivity index (χ0v) is 62.6. The van der Waals surface area contributed by atoms with E-state index in [-0.39, 0.29) is 107 Å². The molecule has 88 heavy (non-hydrogen) atoms.